The van der Waals surface area contributed by atoms with Gasteiger partial charge in [0.2, 0.25) is 5.91 Å². The van der Waals surface area contributed by atoms with Crippen LogP contribution in [0.4, 0.5) is 5.69 Å². The van der Waals surface area contributed by atoms with Gasteiger partial charge in [-0.2, -0.15) is 0 Å². The van der Waals surface area contributed by atoms with Crippen LogP contribution in [-0.4, -0.2) is 29.1 Å². The van der Waals surface area contributed by atoms with E-state index in [9.17, 15) is 4.79 Å². The summed E-state index contributed by atoms with van der Waals surface area (Å²) in [6.07, 6.45) is 0.402. The Balaban J connectivity index is 1.63. The Bertz CT molecular complexity index is 622. The summed E-state index contributed by atoms with van der Waals surface area (Å²) in [5.74, 6) is 0.0215. The van der Waals surface area contributed by atoms with E-state index < -0.39 is 0 Å². The fraction of sp³-hybridized carbons (Fsp3) is 0.333. The van der Waals surface area contributed by atoms with Crippen LogP contribution >= 0.6 is 11.8 Å². The molecule has 2 aliphatic heterocycles. The summed E-state index contributed by atoms with van der Waals surface area (Å²) in [5, 5.41) is 6.01. The van der Waals surface area contributed by atoms with Crippen molar-refractivity contribution < 1.29 is 4.79 Å². The lowest BCUT2D eigenvalue weighted by Gasteiger charge is -2.16. The first-order valence-corrected chi connectivity index (χ1v) is 7.56. The third kappa shape index (κ3) is 2.58. The second-order valence-electron chi connectivity index (χ2n) is 5.07. The summed E-state index contributed by atoms with van der Waals surface area (Å²) in [5.41, 5.74) is 4.33. The van der Waals surface area contributed by atoms with Gasteiger partial charge in [-0.05, 0) is 42.5 Å². The maximum atomic E-state index is 12.1. The van der Waals surface area contributed by atoms with E-state index in [-0.39, 0.29) is 5.91 Å². The summed E-state index contributed by atoms with van der Waals surface area (Å²) in [4.78, 5) is 18.6. The molecule has 0 atom stereocenters. The van der Waals surface area contributed by atoms with Gasteiger partial charge >= 0.3 is 0 Å². The molecule has 0 unspecified atom stereocenters. The molecule has 1 aromatic rings. The Hall–Kier alpha value is -1.75. The molecule has 5 heteroatoms. The van der Waals surface area contributed by atoms with Crippen LogP contribution in [0.2, 0.25) is 0 Å². The number of hydrogen-bond donors (Lipinski definition) is 1. The van der Waals surface area contributed by atoms with Crippen molar-refractivity contribution in [1.82, 2.24) is 4.90 Å². The van der Waals surface area contributed by atoms with E-state index in [4.69, 9.17) is 0 Å². The second-order valence-corrected chi connectivity index (χ2v) is 5.90. The lowest BCUT2D eigenvalue weighted by molar-refractivity contribution is -0.115. The Morgan fingerprint density at radius 2 is 2.25 bits per heavy atom. The summed E-state index contributed by atoms with van der Waals surface area (Å²) in [6, 6.07) is 5.98. The molecule has 104 valence electrons. The van der Waals surface area contributed by atoms with Crippen molar-refractivity contribution in [2.45, 2.75) is 20.3 Å². The van der Waals surface area contributed by atoms with Crippen LogP contribution in [0, 0.1) is 13.8 Å². The highest BCUT2D eigenvalue weighted by Gasteiger charge is 2.27. The minimum Gasteiger partial charge on any atom is -0.326 e. The molecule has 0 spiro atoms. The lowest BCUT2D eigenvalue weighted by Crippen LogP contribution is -2.24. The van der Waals surface area contributed by atoms with Crippen LogP contribution in [-0.2, 0) is 4.79 Å². The Labute approximate surface area is 123 Å². The molecule has 3 rings (SSSR count). The molecule has 4 nitrogen and oxygen atoms in total. The van der Waals surface area contributed by atoms with E-state index >= 15 is 0 Å². The van der Waals surface area contributed by atoms with Gasteiger partial charge in [0.05, 0.1) is 13.0 Å². The van der Waals surface area contributed by atoms with Gasteiger partial charge in [-0.25, -0.2) is 0 Å². The molecule has 1 amide bonds. The molecular weight excluding hydrogens is 270 g/mol. The van der Waals surface area contributed by atoms with E-state index in [1.807, 2.05) is 30.5 Å². The van der Waals surface area contributed by atoms with Crippen molar-refractivity contribution in [3.8, 4) is 0 Å². The average molecular weight is 287 g/mol. The maximum absolute atomic E-state index is 12.1. The van der Waals surface area contributed by atoms with Crippen molar-refractivity contribution in [3.05, 3.63) is 40.4 Å². The molecule has 0 aliphatic carbocycles. The highest BCUT2D eigenvalue weighted by molar-refractivity contribution is 8.16. The van der Waals surface area contributed by atoms with Crippen LogP contribution in [0.5, 0.6) is 0 Å². The van der Waals surface area contributed by atoms with Crippen molar-refractivity contribution in [2.75, 3.05) is 18.4 Å². The number of aliphatic imine (C=N–C) groups is 1. The average Bonchev–Trinajstić information content (AvgIpc) is 2.99. The molecule has 0 bridgehead atoms. The van der Waals surface area contributed by atoms with Gasteiger partial charge in [-0.1, -0.05) is 17.8 Å². The van der Waals surface area contributed by atoms with Crippen molar-refractivity contribution in [3.63, 3.8) is 0 Å². The quantitative estimate of drug-likeness (QED) is 0.929. The van der Waals surface area contributed by atoms with Crippen LogP contribution in [0.1, 0.15) is 17.5 Å². The third-order valence-corrected chi connectivity index (χ3v) is 4.53. The molecular formula is C15H17N3OS. The number of carbonyl (C=O) groups is 1. The number of amides is 1. The number of thioether (sulfide) groups is 1. The van der Waals surface area contributed by atoms with Gasteiger partial charge in [0.1, 0.15) is 0 Å². The highest BCUT2D eigenvalue weighted by Crippen LogP contribution is 2.31. The molecule has 0 saturated carbocycles. The summed E-state index contributed by atoms with van der Waals surface area (Å²) in [7, 11) is 0. The standard InChI is InChI=1S/C15H17N3OS/c1-10-3-4-12(7-11(10)2)17-14(19)8-13-9-20-15-16-5-6-18(13)15/h3-4,7,9H,5-6,8H2,1-2H3,(H,17,19). The van der Waals surface area contributed by atoms with Gasteiger partial charge in [0.25, 0.3) is 0 Å². The van der Waals surface area contributed by atoms with Crippen LogP contribution in [0.3, 0.4) is 0 Å². The first-order chi connectivity index (χ1) is 9.63. The molecule has 0 radical (unpaired) electrons. The zero-order valence-electron chi connectivity index (χ0n) is 11.6. The van der Waals surface area contributed by atoms with Crippen molar-refractivity contribution in [1.29, 1.82) is 0 Å². The number of carbonyl (C=O) groups excluding carboxylic acids is 1. The number of anilines is 1. The minimum absolute atomic E-state index is 0.0215. The van der Waals surface area contributed by atoms with Gasteiger partial charge in [-0.3, -0.25) is 9.79 Å². The summed E-state index contributed by atoms with van der Waals surface area (Å²) >= 11 is 1.61. The number of nitrogens with one attached hydrogen (secondary N) is 1. The molecule has 2 aliphatic rings. The lowest BCUT2D eigenvalue weighted by atomic mass is 10.1. The van der Waals surface area contributed by atoms with E-state index in [1.165, 1.54) is 11.1 Å². The van der Waals surface area contributed by atoms with Crippen LogP contribution in [0.25, 0.3) is 0 Å². The van der Waals surface area contributed by atoms with Crippen LogP contribution in [0.15, 0.2) is 34.3 Å². The number of aryl methyl sites for hydroxylation is 2. The van der Waals surface area contributed by atoms with E-state index in [2.05, 4.69) is 22.1 Å². The highest BCUT2D eigenvalue weighted by atomic mass is 32.2. The third-order valence-electron chi connectivity index (χ3n) is 3.58. The molecule has 0 fully saturated rings. The number of amidine groups is 1. The predicted molar refractivity (Wildman–Crippen MR) is 83.8 cm³/mol. The summed E-state index contributed by atoms with van der Waals surface area (Å²) in [6.45, 7) is 5.84. The van der Waals surface area contributed by atoms with Gasteiger partial charge in [0, 0.05) is 17.9 Å². The number of nitrogens with zero attached hydrogens (tertiary/aromatic N) is 2. The maximum Gasteiger partial charge on any atom is 0.230 e. The zero-order chi connectivity index (χ0) is 14.1. The van der Waals surface area contributed by atoms with E-state index in [0.29, 0.717) is 6.42 Å². The molecule has 1 aromatic carbocycles. The van der Waals surface area contributed by atoms with Gasteiger partial charge in [-0.15, -0.1) is 0 Å². The number of benzene rings is 1. The van der Waals surface area contributed by atoms with E-state index in [0.717, 1.165) is 29.6 Å². The Morgan fingerprint density at radius 3 is 3.05 bits per heavy atom. The molecule has 20 heavy (non-hydrogen) atoms. The van der Waals surface area contributed by atoms with Gasteiger partial charge < -0.3 is 10.2 Å². The summed E-state index contributed by atoms with van der Waals surface area (Å²) < 4.78 is 0. The van der Waals surface area contributed by atoms with Crippen LogP contribution < -0.4 is 5.32 Å². The SMILES string of the molecule is Cc1ccc(NC(=O)CC2=CSC3=NCCN23)cc1C. The molecule has 1 N–H and O–H groups in total. The first-order valence-electron chi connectivity index (χ1n) is 6.68. The smallest absolute Gasteiger partial charge is 0.230 e. The first kappa shape index (κ1) is 13.2. The topological polar surface area (TPSA) is 44.7 Å². The second kappa shape index (κ2) is 5.32. The predicted octanol–water partition coefficient (Wildman–Crippen LogP) is 2.89. The van der Waals surface area contributed by atoms with Gasteiger partial charge in [0.15, 0.2) is 5.17 Å². The zero-order valence-corrected chi connectivity index (χ0v) is 12.5. The van der Waals surface area contributed by atoms with Crippen molar-refractivity contribution in [2.24, 2.45) is 4.99 Å². The minimum atomic E-state index is 0.0215. The normalized spacial score (nSPS) is 16.8. The Morgan fingerprint density at radius 1 is 1.40 bits per heavy atom. The fourth-order valence-corrected chi connectivity index (χ4v) is 3.26. The monoisotopic (exact) mass is 287 g/mol. The number of rotatable bonds is 3. The molecule has 0 saturated heterocycles. The number of fused-ring (bicyclic) bond motifs is 1. The number of hydrogen-bond acceptors (Lipinski definition) is 4. The Kier molecular flexibility index (Phi) is 3.53. The molecule has 2 heterocycles. The van der Waals surface area contributed by atoms with E-state index in [1.54, 1.807) is 11.8 Å². The van der Waals surface area contributed by atoms with Crippen molar-refractivity contribution >= 4 is 28.5 Å². The molecule has 0 aromatic heterocycles. The fourth-order valence-electron chi connectivity index (χ4n) is 2.30. The largest absolute Gasteiger partial charge is 0.326 e.